The summed E-state index contributed by atoms with van der Waals surface area (Å²) in [6, 6.07) is 10.3. The third kappa shape index (κ3) is 7.66. The van der Waals surface area contributed by atoms with Gasteiger partial charge in [0, 0.05) is 6.92 Å². The molecule has 2 fully saturated rings. The maximum Gasteiger partial charge on any atom is 0.410 e. The summed E-state index contributed by atoms with van der Waals surface area (Å²) < 4.78 is 16.5. The fourth-order valence-electron chi connectivity index (χ4n) is 4.48. The number of rotatable bonds is 13. The Morgan fingerprint density at radius 2 is 1.84 bits per heavy atom. The van der Waals surface area contributed by atoms with Crippen molar-refractivity contribution in [3.8, 4) is 0 Å². The highest BCUT2D eigenvalue weighted by molar-refractivity contribution is 5.71. The van der Waals surface area contributed by atoms with Crippen molar-refractivity contribution < 1.29 is 23.8 Å². The summed E-state index contributed by atoms with van der Waals surface area (Å²) in [5.74, 6) is -0.196. The Labute approximate surface area is 191 Å². The van der Waals surface area contributed by atoms with Crippen molar-refractivity contribution in [3.63, 3.8) is 0 Å². The van der Waals surface area contributed by atoms with Crippen molar-refractivity contribution in [1.82, 2.24) is 4.90 Å². The van der Waals surface area contributed by atoms with E-state index in [2.05, 4.69) is 24.3 Å². The second kappa shape index (κ2) is 13.3. The van der Waals surface area contributed by atoms with Crippen molar-refractivity contribution in [2.45, 2.75) is 89.5 Å². The monoisotopic (exact) mass is 443 g/mol. The standard InChI is InChI=1S/C26H37NO5/c1-21(28)30-18-12-7-5-3-2-4-6-11-15-23-16-17-25(24-20-32-26(29)27(23)24)31-19-22-13-9-8-10-14-22/h8-11,13-15,23-25H,2-7,12,16-20H2,1H3/b15-11-/t23-,24-,25+/m1/s1. The Morgan fingerprint density at radius 1 is 1.09 bits per heavy atom. The lowest BCUT2D eigenvalue weighted by Gasteiger charge is -2.39. The van der Waals surface area contributed by atoms with Gasteiger partial charge in [-0.15, -0.1) is 0 Å². The maximum absolute atomic E-state index is 12.3. The molecule has 1 amide bonds. The van der Waals surface area contributed by atoms with Crippen molar-refractivity contribution in [2.75, 3.05) is 13.2 Å². The van der Waals surface area contributed by atoms with Gasteiger partial charge in [0.05, 0.1) is 31.4 Å². The zero-order valence-corrected chi connectivity index (χ0v) is 19.2. The summed E-state index contributed by atoms with van der Waals surface area (Å²) in [6.07, 6.45) is 13.9. The molecule has 6 nitrogen and oxygen atoms in total. The first-order chi connectivity index (χ1) is 15.6. The Balaban J connectivity index is 1.33. The summed E-state index contributed by atoms with van der Waals surface area (Å²) in [4.78, 5) is 24.9. The molecule has 2 aliphatic rings. The van der Waals surface area contributed by atoms with E-state index >= 15 is 0 Å². The number of benzene rings is 1. The minimum absolute atomic E-state index is 0.00148. The fraction of sp³-hybridized carbons (Fsp3) is 0.615. The highest BCUT2D eigenvalue weighted by Crippen LogP contribution is 2.31. The number of cyclic esters (lactones) is 1. The van der Waals surface area contributed by atoms with E-state index in [0.29, 0.717) is 19.8 Å². The minimum atomic E-state index is -0.216. The summed E-state index contributed by atoms with van der Waals surface area (Å²) in [5.41, 5.74) is 1.15. The SMILES string of the molecule is CC(=O)OCCCCCCCC/C=C\[C@@H]1CC[C@H](OCc2ccccc2)[C@H]2COC(=O)N12. The van der Waals surface area contributed by atoms with E-state index in [-0.39, 0.29) is 30.3 Å². The summed E-state index contributed by atoms with van der Waals surface area (Å²) in [5, 5.41) is 0. The average Bonchev–Trinajstić information content (AvgIpc) is 3.19. The van der Waals surface area contributed by atoms with Crippen molar-refractivity contribution in [1.29, 1.82) is 0 Å². The Bertz CT molecular complexity index is 735. The molecule has 0 unspecified atom stereocenters. The van der Waals surface area contributed by atoms with Gasteiger partial charge in [0.2, 0.25) is 0 Å². The van der Waals surface area contributed by atoms with Crippen LogP contribution in [0.2, 0.25) is 0 Å². The van der Waals surface area contributed by atoms with Crippen LogP contribution in [0.3, 0.4) is 0 Å². The number of nitrogens with zero attached hydrogens (tertiary/aromatic N) is 1. The summed E-state index contributed by atoms with van der Waals surface area (Å²) in [6.45, 7) is 2.97. The quantitative estimate of drug-likeness (QED) is 0.232. The van der Waals surface area contributed by atoms with Crippen LogP contribution in [-0.4, -0.2) is 48.4 Å². The van der Waals surface area contributed by atoms with Crippen molar-refractivity contribution >= 4 is 12.1 Å². The molecular formula is C26H37NO5. The van der Waals surface area contributed by atoms with Gasteiger partial charge in [-0.05, 0) is 37.7 Å². The number of hydrogen-bond donors (Lipinski definition) is 0. The third-order valence-corrected chi connectivity index (χ3v) is 6.21. The van der Waals surface area contributed by atoms with Gasteiger partial charge < -0.3 is 14.2 Å². The molecule has 0 bridgehead atoms. The predicted octanol–water partition coefficient (Wildman–Crippen LogP) is 5.41. The Hall–Kier alpha value is -2.34. The van der Waals surface area contributed by atoms with Gasteiger partial charge >= 0.3 is 12.1 Å². The molecule has 0 spiro atoms. The van der Waals surface area contributed by atoms with Gasteiger partial charge in [-0.1, -0.05) is 68.2 Å². The van der Waals surface area contributed by atoms with Crippen LogP contribution in [-0.2, 0) is 25.6 Å². The van der Waals surface area contributed by atoms with Gasteiger partial charge in [0.1, 0.15) is 6.61 Å². The molecule has 3 rings (SSSR count). The molecule has 6 heteroatoms. The van der Waals surface area contributed by atoms with E-state index in [1.807, 2.05) is 23.1 Å². The fourth-order valence-corrected chi connectivity index (χ4v) is 4.48. The number of esters is 1. The first-order valence-electron chi connectivity index (χ1n) is 12.1. The first kappa shape index (κ1) is 24.3. The lowest BCUT2D eigenvalue weighted by molar-refractivity contribution is -0.141. The number of carbonyl (C=O) groups excluding carboxylic acids is 2. The van der Waals surface area contributed by atoms with Crippen LogP contribution in [0.15, 0.2) is 42.5 Å². The molecule has 0 radical (unpaired) electrons. The van der Waals surface area contributed by atoms with Crippen LogP contribution in [0.4, 0.5) is 4.79 Å². The lowest BCUT2D eigenvalue weighted by atomic mass is 9.93. The number of carbonyl (C=O) groups is 2. The van der Waals surface area contributed by atoms with E-state index < -0.39 is 0 Å². The van der Waals surface area contributed by atoms with Crippen molar-refractivity contribution in [2.24, 2.45) is 0 Å². The molecular weight excluding hydrogens is 406 g/mol. The highest BCUT2D eigenvalue weighted by atomic mass is 16.6. The zero-order chi connectivity index (χ0) is 22.6. The summed E-state index contributed by atoms with van der Waals surface area (Å²) >= 11 is 0. The number of piperidine rings is 1. The van der Waals surface area contributed by atoms with E-state index in [4.69, 9.17) is 14.2 Å². The minimum Gasteiger partial charge on any atom is -0.466 e. The van der Waals surface area contributed by atoms with Crippen LogP contribution >= 0.6 is 0 Å². The topological polar surface area (TPSA) is 65.1 Å². The molecule has 0 aliphatic carbocycles. The Kier molecular flexibility index (Phi) is 10.1. The molecule has 2 saturated heterocycles. The van der Waals surface area contributed by atoms with Crippen LogP contribution in [0.1, 0.15) is 70.3 Å². The number of allylic oxidation sites excluding steroid dienone is 1. The maximum atomic E-state index is 12.3. The lowest BCUT2D eigenvalue weighted by Crippen LogP contribution is -2.52. The van der Waals surface area contributed by atoms with Crippen LogP contribution in [0.5, 0.6) is 0 Å². The van der Waals surface area contributed by atoms with Gasteiger partial charge in [-0.25, -0.2) is 4.79 Å². The molecule has 2 aliphatic heterocycles. The average molecular weight is 444 g/mol. The number of amides is 1. The number of hydrogen-bond acceptors (Lipinski definition) is 5. The van der Waals surface area contributed by atoms with Crippen molar-refractivity contribution in [3.05, 3.63) is 48.0 Å². The summed E-state index contributed by atoms with van der Waals surface area (Å²) in [7, 11) is 0. The normalized spacial score (nSPS) is 22.7. The van der Waals surface area contributed by atoms with Gasteiger partial charge in [-0.3, -0.25) is 9.69 Å². The number of unbranched alkanes of at least 4 members (excludes halogenated alkanes) is 6. The van der Waals surface area contributed by atoms with Gasteiger partial charge in [0.15, 0.2) is 0 Å². The van der Waals surface area contributed by atoms with Crippen LogP contribution < -0.4 is 0 Å². The number of fused-ring (bicyclic) bond motifs is 1. The molecule has 2 heterocycles. The Morgan fingerprint density at radius 3 is 2.62 bits per heavy atom. The van der Waals surface area contributed by atoms with Crippen LogP contribution in [0, 0.1) is 0 Å². The van der Waals surface area contributed by atoms with E-state index in [1.165, 1.54) is 26.2 Å². The van der Waals surface area contributed by atoms with E-state index in [1.54, 1.807) is 0 Å². The predicted molar refractivity (Wildman–Crippen MR) is 123 cm³/mol. The largest absolute Gasteiger partial charge is 0.466 e. The third-order valence-electron chi connectivity index (χ3n) is 6.21. The first-order valence-corrected chi connectivity index (χ1v) is 12.1. The molecule has 0 aromatic heterocycles. The van der Waals surface area contributed by atoms with Crippen LogP contribution in [0.25, 0.3) is 0 Å². The van der Waals surface area contributed by atoms with Gasteiger partial charge in [0.25, 0.3) is 0 Å². The zero-order valence-electron chi connectivity index (χ0n) is 19.2. The smallest absolute Gasteiger partial charge is 0.410 e. The van der Waals surface area contributed by atoms with E-state index in [9.17, 15) is 9.59 Å². The number of ether oxygens (including phenoxy) is 3. The second-order valence-corrected chi connectivity index (χ2v) is 8.71. The molecule has 0 N–H and O–H groups in total. The molecule has 1 aromatic carbocycles. The molecule has 3 atom stereocenters. The molecule has 176 valence electrons. The van der Waals surface area contributed by atoms with Gasteiger partial charge in [-0.2, -0.15) is 0 Å². The molecule has 0 saturated carbocycles. The van der Waals surface area contributed by atoms with E-state index in [0.717, 1.165) is 44.1 Å². The second-order valence-electron chi connectivity index (χ2n) is 8.71. The molecule has 1 aromatic rings. The highest BCUT2D eigenvalue weighted by Gasteiger charge is 2.45. The molecule has 32 heavy (non-hydrogen) atoms.